The summed E-state index contributed by atoms with van der Waals surface area (Å²) in [6.07, 6.45) is 5.50. The minimum absolute atomic E-state index is 0.225. The Morgan fingerprint density at radius 3 is 2.88 bits per heavy atom. The van der Waals surface area contributed by atoms with Gasteiger partial charge in [-0.15, -0.1) is 0 Å². The van der Waals surface area contributed by atoms with Crippen LogP contribution in [0.2, 0.25) is 0 Å². The van der Waals surface area contributed by atoms with Crippen LogP contribution in [0.3, 0.4) is 0 Å². The molecule has 2 N–H and O–H groups in total. The summed E-state index contributed by atoms with van der Waals surface area (Å²) in [6.45, 7) is 6.19. The predicted molar refractivity (Wildman–Crippen MR) is 101 cm³/mol. The van der Waals surface area contributed by atoms with Crippen LogP contribution >= 0.6 is 0 Å². The highest BCUT2D eigenvalue weighted by atomic mass is 16.4. The Hall–Kier alpha value is -1.94. The van der Waals surface area contributed by atoms with E-state index in [0.29, 0.717) is 12.3 Å². The molecule has 1 aliphatic heterocycles. The van der Waals surface area contributed by atoms with Crippen LogP contribution in [-0.2, 0) is 17.6 Å². The first-order valence-corrected chi connectivity index (χ1v) is 9.34. The van der Waals surface area contributed by atoms with Gasteiger partial charge < -0.3 is 10.4 Å². The van der Waals surface area contributed by atoms with Crippen LogP contribution in [0.15, 0.2) is 30.5 Å². The summed E-state index contributed by atoms with van der Waals surface area (Å²) in [6, 6.07) is 8.38. The highest BCUT2D eigenvalue weighted by Gasteiger charge is 2.30. The number of nitrogens with zero attached hydrogens (tertiary/aromatic N) is 1. The number of carboxylic acids is 1. The van der Waals surface area contributed by atoms with E-state index in [1.165, 1.54) is 10.8 Å². The van der Waals surface area contributed by atoms with Gasteiger partial charge in [-0.3, -0.25) is 9.78 Å². The van der Waals surface area contributed by atoms with E-state index in [1.54, 1.807) is 0 Å². The van der Waals surface area contributed by atoms with Crippen molar-refractivity contribution in [1.82, 2.24) is 10.3 Å². The number of hydrogen-bond donors (Lipinski definition) is 2. The second kappa shape index (κ2) is 7.96. The zero-order valence-corrected chi connectivity index (χ0v) is 15.2. The summed E-state index contributed by atoms with van der Waals surface area (Å²) >= 11 is 0. The molecular weight excluding hydrogens is 312 g/mol. The lowest BCUT2D eigenvalue weighted by atomic mass is 9.85. The standard InChI is InChI=1S/C21H28N2O2/c1-14(2)3-6-20-18-11-15(4-5-16(18)8-10-23-20)12-19(21(24)25)17-7-9-22-13-17/h4-5,8,10-11,14,17,19,22H,3,6-7,9,12-13H2,1-2H3,(H,24,25)/t17-,19-/m0/s1. The molecule has 25 heavy (non-hydrogen) atoms. The lowest BCUT2D eigenvalue weighted by Crippen LogP contribution is -2.27. The monoisotopic (exact) mass is 340 g/mol. The van der Waals surface area contributed by atoms with Crippen LogP contribution in [-0.4, -0.2) is 29.1 Å². The Bertz CT molecular complexity index is 736. The van der Waals surface area contributed by atoms with Gasteiger partial charge >= 0.3 is 5.97 Å². The second-order valence-electron chi connectivity index (χ2n) is 7.65. The van der Waals surface area contributed by atoms with Crippen molar-refractivity contribution >= 4 is 16.7 Å². The average Bonchev–Trinajstić information content (AvgIpc) is 3.11. The van der Waals surface area contributed by atoms with Crippen molar-refractivity contribution in [2.24, 2.45) is 17.8 Å². The molecule has 3 rings (SSSR count). The largest absolute Gasteiger partial charge is 0.481 e. The normalized spacial score (nSPS) is 18.8. The third kappa shape index (κ3) is 4.37. The minimum Gasteiger partial charge on any atom is -0.481 e. The van der Waals surface area contributed by atoms with Crippen molar-refractivity contribution < 1.29 is 9.90 Å². The van der Waals surface area contributed by atoms with Gasteiger partial charge in [-0.1, -0.05) is 26.0 Å². The van der Waals surface area contributed by atoms with Gasteiger partial charge in [0.05, 0.1) is 5.92 Å². The van der Waals surface area contributed by atoms with Crippen molar-refractivity contribution in [3.8, 4) is 0 Å². The third-order valence-electron chi connectivity index (χ3n) is 5.31. The molecule has 2 heterocycles. The summed E-state index contributed by atoms with van der Waals surface area (Å²) in [5.74, 6) is -0.128. The number of nitrogens with one attached hydrogen (secondary N) is 1. The summed E-state index contributed by atoms with van der Waals surface area (Å²) in [5, 5.41) is 15.3. The molecule has 1 fully saturated rings. The fourth-order valence-corrected chi connectivity index (χ4v) is 3.76. The number of aromatic nitrogens is 1. The highest BCUT2D eigenvalue weighted by molar-refractivity contribution is 5.85. The molecule has 0 unspecified atom stereocenters. The Balaban J connectivity index is 1.86. The molecule has 1 saturated heterocycles. The van der Waals surface area contributed by atoms with E-state index < -0.39 is 5.97 Å². The molecule has 0 bridgehead atoms. The molecule has 0 aliphatic carbocycles. The SMILES string of the molecule is CC(C)CCc1nccc2ccc(C[C@H](C(=O)O)[C@H]3CCNC3)cc12. The Labute approximate surface area is 149 Å². The van der Waals surface area contributed by atoms with Gasteiger partial charge in [0, 0.05) is 17.3 Å². The van der Waals surface area contributed by atoms with Crippen LogP contribution < -0.4 is 5.32 Å². The van der Waals surface area contributed by atoms with Crippen LogP contribution in [0.4, 0.5) is 0 Å². The van der Waals surface area contributed by atoms with Gasteiger partial charge in [0.15, 0.2) is 0 Å². The van der Waals surface area contributed by atoms with Crippen LogP contribution in [0.25, 0.3) is 10.8 Å². The maximum absolute atomic E-state index is 11.8. The third-order valence-corrected chi connectivity index (χ3v) is 5.31. The first-order chi connectivity index (χ1) is 12.0. The Morgan fingerprint density at radius 1 is 1.36 bits per heavy atom. The average molecular weight is 340 g/mol. The summed E-state index contributed by atoms with van der Waals surface area (Å²) in [4.78, 5) is 16.3. The van der Waals surface area contributed by atoms with E-state index in [-0.39, 0.29) is 11.8 Å². The number of carboxylic acid groups (broad SMARTS) is 1. The lowest BCUT2D eigenvalue weighted by Gasteiger charge is -2.19. The molecule has 0 spiro atoms. The Kier molecular flexibility index (Phi) is 5.69. The summed E-state index contributed by atoms with van der Waals surface area (Å²) < 4.78 is 0. The maximum Gasteiger partial charge on any atom is 0.307 e. The fraction of sp³-hybridized carbons (Fsp3) is 0.524. The molecule has 1 aromatic heterocycles. The van der Waals surface area contributed by atoms with Crippen molar-refractivity contribution in [3.63, 3.8) is 0 Å². The number of aliphatic carboxylic acids is 1. The van der Waals surface area contributed by atoms with Gasteiger partial charge in [0.2, 0.25) is 0 Å². The first kappa shape index (κ1) is 17.9. The van der Waals surface area contributed by atoms with Crippen molar-refractivity contribution in [2.75, 3.05) is 13.1 Å². The molecule has 134 valence electrons. The molecule has 0 saturated carbocycles. The summed E-state index contributed by atoms with van der Waals surface area (Å²) in [7, 11) is 0. The van der Waals surface area contributed by atoms with E-state index >= 15 is 0 Å². The number of fused-ring (bicyclic) bond motifs is 1. The predicted octanol–water partition coefficient (Wildman–Crippen LogP) is 3.68. The van der Waals surface area contributed by atoms with E-state index in [1.807, 2.05) is 12.3 Å². The molecule has 4 heteroatoms. The summed E-state index contributed by atoms with van der Waals surface area (Å²) in [5.41, 5.74) is 2.23. The highest BCUT2D eigenvalue weighted by Crippen LogP contribution is 2.26. The zero-order valence-electron chi connectivity index (χ0n) is 15.2. The van der Waals surface area contributed by atoms with Crippen LogP contribution in [0, 0.1) is 17.8 Å². The minimum atomic E-state index is -0.681. The van der Waals surface area contributed by atoms with E-state index in [4.69, 9.17) is 0 Å². The molecule has 1 aromatic carbocycles. The molecule has 0 amide bonds. The molecule has 4 nitrogen and oxygen atoms in total. The molecule has 2 aromatic rings. The van der Waals surface area contributed by atoms with Gasteiger partial charge in [0.1, 0.15) is 0 Å². The number of aryl methyl sites for hydroxylation is 1. The lowest BCUT2D eigenvalue weighted by molar-refractivity contribution is -0.143. The molecule has 2 atom stereocenters. The van der Waals surface area contributed by atoms with Crippen molar-refractivity contribution in [3.05, 3.63) is 41.7 Å². The smallest absolute Gasteiger partial charge is 0.307 e. The van der Waals surface area contributed by atoms with Crippen LogP contribution in [0.1, 0.15) is 37.9 Å². The van der Waals surface area contributed by atoms with Gasteiger partial charge in [-0.05, 0) is 73.7 Å². The molecular formula is C21H28N2O2. The second-order valence-corrected chi connectivity index (χ2v) is 7.65. The van der Waals surface area contributed by atoms with Crippen LogP contribution in [0.5, 0.6) is 0 Å². The van der Waals surface area contributed by atoms with Crippen molar-refractivity contribution in [1.29, 1.82) is 0 Å². The quantitative estimate of drug-likeness (QED) is 0.807. The first-order valence-electron chi connectivity index (χ1n) is 9.34. The zero-order chi connectivity index (χ0) is 17.8. The molecule has 1 aliphatic rings. The van der Waals surface area contributed by atoms with Crippen molar-refractivity contribution in [2.45, 2.75) is 39.5 Å². The number of pyridine rings is 1. The number of hydrogen-bond acceptors (Lipinski definition) is 3. The topological polar surface area (TPSA) is 62.2 Å². The van der Waals surface area contributed by atoms with Gasteiger partial charge in [0.25, 0.3) is 0 Å². The van der Waals surface area contributed by atoms with Gasteiger partial charge in [-0.2, -0.15) is 0 Å². The molecule has 0 radical (unpaired) electrons. The van der Waals surface area contributed by atoms with E-state index in [9.17, 15) is 9.90 Å². The van der Waals surface area contributed by atoms with Gasteiger partial charge in [-0.25, -0.2) is 0 Å². The fourth-order valence-electron chi connectivity index (χ4n) is 3.76. The number of carbonyl (C=O) groups is 1. The van der Waals surface area contributed by atoms with E-state index in [0.717, 1.165) is 43.6 Å². The van der Waals surface area contributed by atoms with E-state index in [2.05, 4.69) is 42.3 Å². The number of rotatable bonds is 7. The Morgan fingerprint density at radius 2 is 2.20 bits per heavy atom. The maximum atomic E-state index is 11.8. The number of benzene rings is 1.